The van der Waals surface area contributed by atoms with Gasteiger partial charge in [-0.15, -0.1) is 0 Å². The van der Waals surface area contributed by atoms with Gasteiger partial charge in [-0.05, 0) is 0 Å². The van der Waals surface area contributed by atoms with Crippen LogP contribution in [0.4, 0.5) is 0 Å². The van der Waals surface area contributed by atoms with Crippen LogP contribution in [0.15, 0.2) is 0 Å². The van der Waals surface area contributed by atoms with E-state index in [-0.39, 0.29) is 17.1 Å². The van der Waals surface area contributed by atoms with Crippen LogP contribution < -0.4 is 16.4 Å². The van der Waals surface area contributed by atoms with Crippen molar-refractivity contribution in [1.82, 2.24) is 16.4 Å². The van der Waals surface area contributed by atoms with Crippen molar-refractivity contribution in [2.24, 2.45) is 0 Å². The largest absolute Gasteiger partial charge is 3.00 e. The van der Waals surface area contributed by atoms with Gasteiger partial charge in [0.1, 0.15) is 0 Å². The predicted octanol–water partition coefficient (Wildman–Crippen LogP) is -1.14. The second-order valence-electron chi connectivity index (χ2n) is 1.97. The van der Waals surface area contributed by atoms with Crippen LogP contribution in [0.2, 0.25) is 0 Å². The van der Waals surface area contributed by atoms with E-state index in [0.29, 0.717) is 0 Å². The predicted molar refractivity (Wildman–Crippen MR) is 51.6 cm³/mol. The molecule has 0 rings (SSSR count). The number of carbonyl (C=O) groups is 3. The van der Waals surface area contributed by atoms with Gasteiger partial charge in [-0.1, -0.05) is 0 Å². The van der Waals surface area contributed by atoms with Crippen LogP contribution in [0.25, 0.3) is 0 Å². The van der Waals surface area contributed by atoms with E-state index in [1.165, 1.54) is 0 Å². The summed E-state index contributed by atoms with van der Waals surface area (Å²) in [6.45, 7) is 3.48. The van der Waals surface area contributed by atoms with E-state index in [4.69, 9.17) is 15.6 Å². The number of nitrogens with one attached hydrogen (secondary N) is 3. The fraction of sp³-hybridized carbons (Fsp3) is 0.500. The van der Waals surface area contributed by atoms with Crippen LogP contribution >= 0.6 is 0 Å². The Morgan fingerprint density at radius 1 is 0.688 bits per heavy atom. The molecule has 0 aliphatic heterocycles. The molecule has 1 radical (unpaired) electrons. The molecule has 0 aromatic heterocycles. The van der Waals surface area contributed by atoms with E-state index in [1.54, 1.807) is 0 Å². The Morgan fingerprint density at radius 3 is 0.750 bits per heavy atom. The monoisotopic (exact) mass is 278 g/mol. The first-order chi connectivity index (χ1) is 6.81. The molecule has 10 heteroatoms. The number of carbonyl (C=O) groups excluding carboxylic acids is 3. The number of hydroxylamine groups is 3. The minimum Gasteiger partial charge on any atom is -0.759 e. The van der Waals surface area contributed by atoms with Gasteiger partial charge in [0, 0.05) is 20.8 Å². The zero-order valence-corrected chi connectivity index (χ0v) is 9.91. The zero-order chi connectivity index (χ0) is 12.9. The van der Waals surface area contributed by atoms with Crippen molar-refractivity contribution >= 4 is 17.7 Å². The third-order valence-electron chi connectivity index (χ3n) is 0.431. The topological polar surface area (TPSA) is 156 Å². The molecule has 0 saturated carbocycles. The van der Waals surface area contributed by atoms with Crippen molar-refractivity contribution in [1.29, 1.82) is 0 Å². The summed E-state index contributed by atoms with van der Waals surface area (Å²) >= 11 is 0. The van der Waals surface area contributed by atoms with Gasteiger partial charge in [-0.3, -0.25) is 14.4 Å². The molecule has 0 atom stereocenters. The fourth-order valence-corrected chi connectivity index (χ4v) is 0. The zero-order valence-electron chi connectivity index (χ0n) is 8.80. The molecule has 9 nitrogen and oxygen atoms in total. The van der Waals surface area contributed by atoms with Crippen LogP contribution in [0.3, 0.4) is 0 Å². The van der Waals surface area contributed by atoms with Crippen molar-refractivity contribution in [2.75, 3.05) is 0 Å². The third-order valence-corrected chi connectivity index (χ3v) is 0.431. The third kappa shape index (κ3) is 77.2. The fourth-order valence-electron chi connectivity index (χ4n) is 0. The Kier molecular flexibility index (Phi) is 29.3. The number of amides is 3. The Balaban J connectivity index is -0.0000000655. The summed E-state index contributed by atoms with van der Waals surface area (Å²) in [5.74, 6) is -1.65. The van der Waals surface area contributed by atoms with Gasteiger partial charge in [0.2, 0.25) is 17.7 Å². The molecule has 95 valence electrons. The normalized spacial score (nSPS) is 6.38. The molecule has 0 fully saturated rings. The molecule has 0 aromatic rings. The van der Waals surface area contributed by atoms with Gasteiger partial charge in [-0.25, -0.2) is 0 Å². The molecule has 3 amide bonds. The second kappa shape index (κ2) is 19.4. The Hall–Kier alpha value is -1.19. The summed E-state index contributed by atoms with van der Waals surface area (Å²) in [6.07, 6.45) is 0. The van der Waals surface area contributed by atoms with E-state index < -0.39 is 17.7 Å². The quantitative estimate of drug-likeness (QED) is 0.375. The van der Waals surface area contributed by atoms with Gasteiger partial charge < -0.3 is 32.1 Å². The molecular weight excluding hydrogens is 266 g/mol. The molecule has 0 bridgehead atoms. The summed E-state index contributed by atoms with van der Waals surface area (Å²) in [7, 11) is 0. The van der Waals surface area contributed by atoms with E-state index in [9.17, 15) is 14.4 Å². The minimum atomic E-state index is -0.551. The van der Waals surface area contributed by atoms with Gasteiger partial charge in [0.25, 0.3) is 0 Å². The summed E-state index contributed by atoms with van der Waals surface area (Å²) < 4.78 is 0. The van der Waals surface area contributed by atoms with E-state index in [2.05, 4.69) is 0 Å². The molecule has 16 heavy (non-hydrogen) atoms. The molecule has 0 aliphatic carbocycles. The van der Waals surface area contributed by atoms with Gasteiger partial charge in [-0.2, -0.15) is 0 Å². The van der Waals surface area contributed by atoms with E-state index >= 15 is 0 Å². The Morgan fingerprint density at radius 2 is 0.750 bits per heavy atom. The molecule has 0 heterocycles. The Labute approximate surface area is 103 Å². The van der Waals surface area contributed by atoms with E-state index in [0.717, 1.165) is 37.2 Å². The van der Waals surface area contributed by atoms with Crippen LogP contribution in [-0.2, 0) is 31.5 Å². The number of rotatable bonds is 0. The molecular formula is C6H12FeN3O6. The van der Waals surface area contributed by atoms with Crippen molar-refractivity contribution < 1.29 is 31.5 Å². The average Bonchev–Trinajstić information content (AvgIpc) is 2.19. The Bertz CT molecular complexity index is 167. The van der Waals surface area contributed by atoms with Crippen molar-refractivity contribution in [3.63, 3.8) is 0 Å². The number of hydrogen-bond acceptors (Lipinski definition) is 6. The summed E-state index contributed by atoms with van der Waals surface area (Å²) in [6, 6.07) is 0. The molecule has 0 unspecified atom stereocenters. The SMILES string of the molecule is CC(=O)N[O-].CC(=O)N[O-].CC(=O)N[O-].[Fe+3]. The molecule has 0 aromatic carbocycles. The van der Waals surface area contributed by atoms with Crippen LogP contribution in [0, 0.1) is 15.6 Å². The maximum Gasteiger partial charge on any atom is 3.00 e. The first-order valence-corrected chi connectivity index (χ1v) is 3.47. The second-order valence-corrected chi connectivity index (χ2v) is 1.97. The maximum atomic E-state index is 9.39. The van der Waals surface area contributed by atoms with Gasteiger partial charge in [0.15, 0.2) is 0 Å². The first-order valence-electron chi connectivity index (χ1n) is 3.47. The van der Waals surface area contributed by atoms with Crippen molar-refractivity contribution in [3.8, 4) is 0 Å². The first kappa shape index (κ1) is 24.2. The molecule has 0 aliphatic rings. The molecule has 0 saturated heterocycles. The molecule has 3 N–H and O–H groups in total. The molecule has 0 spiro atoms. The van der Waals surface area contributed by atoms with Crippen molar-refractivity contribution in [3.05, 3.63) is 15.6 Å². The summed E-state index contributed by atoms with van der Waals surface area (Å²) in [5, 5.41) is 27.1. The summed E-state index contributed by atoms with van der Waals surface area (Å²) in [5.41, 5.74) is 3.42. The van der Waals surface area contributed by atoms with Crippen LogP contribution in [0.1, 0.15) is 20.8 Å². The van der Waals surface area contributed by atoms with Gasteiger partial charge in [0.05, 0.1) is 0 Å². The van der Waals surface area contributed by atoms with Crippen molar-refractivity contribution in [2.45, 2.75) is 20.8 Å². The van der Waals surface area contributed by atoms with Crippen LogP contribution in [0.5, 0.6) is 0 Å². The minimum absolute atomic E-state index is 0. The maximum absolute atomic E-state index is 9.39. The number of hydrogen-bond donors (Lipinski definition) is 3. The summed E-state index contributed by atoms with van der Waals surface area (Å²) in [4.78, 5) is 28.2. The van der Waals surface area contributed by atoms with Gasteiger partial charge >= 0.3 is 17.1 Å². The standard InChI is InChI=1S/3C2H4NO2.Fe/c3*1-2(4)3-5;/h3*1H3,(H-,3,4,5);/q3*-1;+3. The van der Waals surface area contributed by atoms with E-state index in [1.807, 2.05) is 0 Å². The average molecular weight is 278 g/mol. The van der Waals surface area contributed by atoms with Crippen LogP contribution in [-0.4, -0.2) is 17.7 Å². The smallest absolute Gasteiger partial charge is 0.759 e.